The topological polar surface area (TPSA) is 72.7 Å². The molecule has 1 saturated heterocycles. The number of amides is 1. The minimum atomic E-state index is -0.543. The van der Waals surface area contributed by atoms with Crippen molar-refractivity contribution < 1.29 is 14.5 Å². The van der Waals surface area contributed by atoms with Gasteiger partial charge >= 0.3 is 5.69 Å². The summed E-state index contributed by atoms with van der Waals surface area (Å²) in [5.41, 5.74) is 0.382. The van der Waals surface area contributed by atoms with E-state index in [1.807, 2.05) is 4.90 Å². The number of benzene rings is 2. The maximum absolute atomic E-state index is 12.6. The minimum Gasteiger partial charge on any atom is -0.450 e. The summed E-state index contributed by atoms with van der Waals surface area (Å²) in [6, 6.07) is 10.9. The zero-order valence-corrected chi connectivity index (χ0v) is 14.9. The van der Waals surface area contributed by atoms with Gasteiger partial charge in [-0.05, 0) is 49.2 Å². The maximum atomic E-state index is 12.6. The summed E-state index contributed by atoms with van der Waals surface area (Å²) in [6.45, 7) is 1.57. The van der Waals surface area contributed by atoms with Crippen LogP contribution in [0.15, 0.2) is 42.5 Å². The molecule has 26 heavy (non-hydrogen) atoms. The molecule has 0 aliphatic carbocycles. The number of ether oxygens (including phenoxy) is 1. The molecule has 1 aliphatic rings. The van der Waals surface area contributed by atoms with Crippen LogP contribution in [0, 0.1) is 10.1 Å². The van der Waals surface area contributed by atoms with Gasteiger partial charge in [0.1, 0.15) is 5.75 Å². The van der Waals surface area contributed by atoms with Gasteiger partial charge in [-0.2, -0.15) is 0 Å². The summed E-state index contributed by atoms with van der Waals surface area (Å²) >= 11 is 5.80. The van der Waals surface area contributed by atoms with Crippen LogP contribution >= 0.6 is 11.6 Å². The highest BCUT2D eigenvalue weighted by Gasteiger charge is 2.19. The highest BCUT2D eigenvalue weighted by molar-refractivity contribution is 6.30. The van der Waals surface area contributed by atoms with E-state index < -0.39 is 4.92 Å². The lowest BCUT2D eigenvalue weighted by atomic mass is 10.2. The van der Waals surface area contributed by atoms with Crippen molar-refractivity contribution >= 4 is 23.2 Å². The summed E-state index contributed by atoms with van der Waals surface area (Å²) < 4.78 is 5.60. The Morgan fingerprint density at radius 2 is 1.69 bits per heavy atom. The smallest absolute Gasteiger partial charge is 0.313 e. The third-order valence-electron chi connectivity index (χ3n) is 4.34. The molecule has 1 fully saturated rings. The van der Waals surface area contributed by atoms with Crippen LogP contribution in [0.2, 0.25) is 5.02 Å². The number of carbonyl (C=O) groups excluding carboxylic acids is 1. The van der Waals surface area contributed by atoms with E-state index >= 15 is 0 Å². The molecule has 2 aromatic carbocycles. The Balaban J connectivity index is 1.74. The quantitative estimate of drug-likeness (QED) is 0.554. The average Bonchev–Trinajstić information content (AvgIpc) is 2.92. The van der Waals surface area contributed by atoms with Gasteiger partial charge in [0.15, 0.2) is 0 Å². The molecule has 2 aromatic rings. The number of halogens is 1. The molecule has 1 aliphatic heterocycles. The second-order valence-corrected chi connectivity index (χ2v) is 6.64. The summed E-state index contributed by atoms with van der Waals surface area (Å²) in [5, 5.41) is 11.4. The number of hydrogen-bond donors (Lipinski definition) is 0. The molecule has 0 saturated carbocycles. The number of nitrogens with zero attached hydrogens (tertiary/aromatic N) is 2. The van der Waals surface area contributed by atoms with Crippen molar-refractivity contribution in [2.75, 3.05) is 13.1 Å². The van der Waals surface area contributed by atoms with Crippen LogP contribution in [0.5, 0.6) is 11.5 Å². The number of nitro groups is 1. The first-order valence-corrected chi connectivity index (χ1v) is 8.93. The zero-order chi connectivity index (χ0) is 18.5. The molecule has 0 N–H and O–H groups in total. The Labute approximate surface area is 156 Å². The molecular formula is C19H19ClN2O4. The highest BCUT2D eigenvalue weighted by atomic mass is 35.5. The van der Waals surface area contributed by atoms with Gasteiger partial charge in [0.2, 0.25) is 5.75 Å². The van der Waals surface area contributed by atoms with E-state index in [1.54, 1.807) is 24.3 Å². The Morgan fingerprint density at radius 1 is 1.04 bits per heavy atom. The average molecular weight is 375 g/mol. The molecule has 7 heteroatoms. The first-order valence-electron chi connectivity index (χ1n) is 8.56. The van der Waals surface area contributed by atoms with Crippen LogP contribution in [0.1, 0.15) is 36.0 Å². The minimum absolute atomic E-state index is 0.0101. The lowest BCUT2D eigenvalue weighted by Crippen LogP contribution is -2.31. The summed E-state index contributed by atoms with van der Waals surface area (Å²) in [4.78, 5) is 25.1. The number of likely N-dealkylation sites (tertiary alicyclic amines) is 1. The number of hydrogen-bond acceptors (Lipinski definition) is 4. The molecule has 0 unspecified atom stereocenters. The monoisotopic (exact) mass is 374 g/mol. The molecule has 0 radical (unpaired) electrons. The van der Waals surface area contributed by atoms with Crippen LogP contribution in [-0.2, 0) is 0 Å². The fraction of sp³-hybridized carbons (Fsp3) is 0.316. The Bertz CT molecular complexity index is 800. The highest BCUT2D eigenvalue weighted by Crippen LogP contribution is 2.33. The van der Waals surface area contributed by atoms with Gasteiger partial charge in [0, 0.05) is 29.7 Å². The summed E-state index contributed by atoms with van der Waals surface area (Å²) in [5.74, 6) is 0.532. The molecular weight excluding hydrogens is 356 g/mol. The Hall–Kier alpha value is -2.60. The van der Waals surface area contributed by atoms with Crippen molar-refractivity contribution in [2.45, 2.75) is 25.7 Å². The van der Waals surface area contributed by atoms with Crippen molar-refractivity contribution in [3.63, 3.8) is 0 Å². The molecule has 136 valence electrons. The molecule has 0 spiro atoms. The second kappa shape index (κ2) is 8.19. The number of nitro benzene ring substituents is 1. The van der Waals surface area contributed by atoms with Crippen molar-refractivity contribution in [1.29, 1.82) is 0 Å². The fourth-order valence-electron chi connectivity index (χ4n) is 2.97. The molecule has 6 nitrogen and oxygen atoms in total. The number of carbonyl (C=O) groups is 1. The first-order chi connectivity index (χ1) is 12.5. The predicted molar refractivity (Wildman–Crippen MR) is 99.0 cm³/mol. The van der Waals surface area contributed by atoms with Crippen LogP contribution in [-0.4, -0.2) is 28.8 Å². The fourth-order valence-corrected chi connectivity index (χ4v) is 3.13. The van der Waals surface area contributed by atoms with E-state index in [9.17, 15) is 14.9 Å². The van der Waals surface area contributed by atoms with Gasteiger partial charge in [-0.25, -0.2) is 0 Å². The van der Waals surface area contributed by atoms with Crippen molar-refractivity contribution in [2.24, 2.45) is 0 Å². The lowest BCUT2D eigenvalue weighted by molar-refractivity contribution is -0.385. The van der Waals surface area contributed by atoms with E-state index in [1.165, 1.54) is 18.2 Å². The van der Waals surface area contributed by atoms with Gasteiger partial charge in [-0.3, -0.25) is 14.9 Å². The van der Waals surface area contributed by atoms with E-state index in [-0.39, 0.29) is 22.4 Å². The number of rotatable bonds is 4. The zero-order valence-electron chi connectivity index (χ0n) is 14.2. The Kier molecular flexibility index (Phi) is 5.73. The standard InChI is InChI=1S/C19H19ClN2O4/c20-15-7-10-18(17(13-15)22(24)25)26-16-8-5-14(6-9-16)19(23)21-11-3-1-2-4-12-21/h5-10,13H,1-4,11-12H2. The Morgan fingerprint density at radius 3 is 2.31 bits per heavy atom. The third-order valence-corrected chi connectivity index (χ3v) is 4.58. The van der Waals surface area contributed by atoms with Gasteiger partial charge in [0.05, 0.1) is 4.92 Å². The van der Waals surface area contributed by atoms with Crippen LogP contribution in [0.25, 0.3) is 0 Å². The van der Waals surface area contributed by atoms with E-state index in [0.29, 0.717) is 11.3 Å². The predicted octanol–water partition coefficient (Wildman–Crippen LogP) is 5.06. The van der Waals surface area contributed by atoms with Crippen LogP contribution < -0.4 is 4.74 Å². The van der Waals surface area contributed by atoms with E-state index in [0.717, 1.165) is 38.8 Å². The molecule has 1 amide bonds. The summed E-state index contributed by atoms with van der Waals surface area (Å²) in [7, 11) is 0. The normalized spacial score (nSPS) is 14.6. The van der Waals surface area contributed by atoms with Gasteiger partial charge in [0.25, 0.3) is 5.91 Å². The maximum Gasteiger partial charge on any atom is 0.313 e. The van der Waals surface area contributed by atoms with Gasteiger partial charge in [-0.1, -0.05) is 24.4 Å². The van der Waals surface area contributed by atoms with Crippen molar-refractivity contribution in [1.82, 2.24) is 4.90 Å². The molecule has 0 aromatic heterocycles. The van der Waals surface area contributed by atoms with Crippen LogP contribution in [0.3, 0.4) is 0 Å². The first kappa shape index (κ1) is 18.2. The molecule has 1 heterocycles. The van der Waals surface area contributed by atoms with E-state index in [2.05, 4.69) is 0 Å². The van der Waals surface area contributed by atoms with Gasteiger partial charge in [-0.15, -0.1) is 0 Å². The third kappa shape index (κ3) is 4.32. The second-order valence-electron chi connectivity index (χ2n) is 6.20. The van der Waals surface area contributed by atoms with E-state index in [4.69, 9.17) is 16.3 Å². The SMILES string of the molecule is O=C(c1ccc(Oc2ccc(Cl)cc2[N+](=O)[O-])cc1)N1CCCCCC1. The largest absolute Gasteiger partial charge is 0.450 e. The molecule has 0 bridgehead atoms. The summed E-state index contributed by atoms with van der Waals surface area (Å²) in [6.07, 6.45) is 4.40. The lowest BCUT2D eigenvalue weighted by Gasteiger charge is -2.20. The van der Waals surface area contributed by atoms with Crippen molar-refractivity contribution in [3.8, 4) is 11.5 Å². The van der Waals surface area contributed by atoms with Crippen molar-refractivity contribution in [3.05, 3.63) is 63.2 Å². The van der Waals surface area contributed by atoms with Crippen LogP contribution in [0.4, 0.5) is 5.69 Å². The van der Waals surface area contributed by atoms with Gasteiger partial charge < -0.3 is 9.64 Å². The molecule has 0 atom stereocenters. The molecule has 3 rings (SSSR count).